The molecule has 0 amide bonds. The van der Waals surface area contributed by atoms with Crippen LogP contribution in [0.2, 0.25) is 20.1 Å². The summed E-state index contributed by atoms with van der Waals surface area (Å²) in [4.78, 5) is 0. The van der Waals surface area contributed by atoms with E-state index in [4.69, 9.17) is 60.0 Å². The van der Waals surface area contributed by atoms with Crippen LogP contribution in [0, 0.1) is 0 Å². The lowest BCUT2D eigenvalue weighted by Gasteiger charge is -2.19. The Hall–Kier alpha value is -2.13. The Bertz CT molecular complexity index is 1150. The smallest absolute Gasteiger partial charge is 0.409 e. The molecule has 162 valence electrons. The molecule has 4 aromatic rings. The fourth-order valence-electron chi connectivity index (χ4n) is 2.74. The maximum Gasteiger partial charge on any atom is 0.530 e. The van der Waals surface area contributed by atoms with Gasteiger partial charge in [-0.05, 0) is 59.7 Å². The van der Waals surface area contributed by atoms with Gasteiger partial charge in [0.1, 0.15) is 17.2 Å². The SMILES string of the molecule is Clc1ccc(OP(Oc2ccc(-c3ccccc3)cc2)Oc2ccc(Cl)cc2Cl)c(Cl)c1. The molecule has 0 heterocycles. The van der Waals surface area contributed by atoms with Crippen molar-refractivity contribution in [3.63, 3.8) is 0 Å². The van der Waals surface area contributed by atoms with Gasteiger partial charge in [-0.2, -0.15) is 0 Å². The molecule has 0 bridgehead atoms. The van der Waals surface area contributed by atoms with E-state index >= 15 is 0 Å². The van der Waals surface area contributed by atoms with Crippen LogP contribution in [-0.4, -0.2) is 0 Å². The molecule has 0 saturated carbocycles. The van der Waals surface area contributed by atoms with Gasteiger partial charge in [-0.15, -0.1) is 0 Å². The molecule has 0 radical (unpaired) electrons. The first kappa shape index (κ1) is 23.0. The highest BCUT2D eigenvalue weighted by Gasteiger charge is 2.23. The second-order valence-corrected chi connectivity index (χ2v) is 9.22. The highest BCUT2D eigenvalue weighted by Crippen LogP contribution is 2.46. The molecule has 0 atom stereocenters. The van der Waals surface area contributed by atoms with Gasteiger partial charge in [-0.1, -0.05) is 88.9 Å². The Balaban J connectivity index is 1.58. The minimum atomic E-state index is -1.96. The molecule has 0 spiro atoms. The van der Waals surface area contributed by atoms with Crippen molar-refractivity contribution >= 4 is 55.0 Å². The molecule has 0 aromatic heterocycles. The maximum absolute atomic E-state index is 6.27. The molecule has 0 fully saturated rings. The Morgan fingerprint density at radius 1 is 0.500 bits per heavy atom. The standard InChI is InChI=1S/C24H15Cl4O3P/c25-18-8-12-23(21(27)14-18)30-32(31-24-13-9-19(26)15-22(24)28)29-20-10-6-17(7-11-20)16-4-2-1-3-5-16/h1-15H. The zero-order valence-corrected chi connectivity index (χ0v) is 20.3. The Labute approximate surface area is 207 Å². The average Bonchev–Trinajstić information content (AvgIpc) is 2.78. The third kappa shape index (κ3) is 6.01. The Kier molecular flexibility index (Phi) is 7.67. The Morgan fingerprint density at radius 2 is 1.00 bits per heavy atom. The number of hydrogen-bond donors (Lipinski definition) is 0. The summed E-state index contributed by atoms with van der Waals surface area (Å²) >= 11 is 24.5. The predicted molar refractivity (Wildman–Crippen MR) is 134 cm³/mol. The summed E-state index contributed by atoms with van der Waals surface area (Å²) in [6, 6.07) is 27.4. The van der Waals surface area contributed by atoms with Crippen molar-refractivity contribution in [1.82, 2.24) is 0 Å². The molecule has 0 aliphatic rings. The average molecular weight is 524 g/mol. The van der Waals surface area contributed by atoms with E-state index in [1.807, 2.05) is 54.6 Å². The minimum Gasteiger partial charge on any atom is -0.409 e. The minimum absolute atomic E-state index is 0.332. The van der Waals surface area contributed by atoms with E-state index in [0.717, 1.165) is 11.1 Å². The molecule has 32 heavy (non-hydrogen) atoms. The van der Waals surface area contributed by atoms with Crippen molar-refractivity contribution in [3.8, 4) is 28.4 Å². The van der Waals surface area contributed by atoms with Crippen molar-refractivity contribution in [3.05, 3.63) is 111 Å². The first-order valence-electron chi connectivity index (χ1n) is 9.37. The monoisotopic (exact) mass is 522 g/mol. The predicted octanol–water partition coefficient (Wildman–Crippen LogP) is 9.73. The molecule has 3 nitrogen and oxygen atoms in total. The summed E-state index contributed by atoms with van der Waals surface area (Å²) in [5.74, 6) is 1.30. The summed E-state index contributed by atoms with van der Waals surface area (Å²) in [5.41, 5.74) is 2.17. The van der Waals surface area contributed by atoms with Crippen LogP contribution in [-0.2, 0) is 0 Å². The van der Waals surface area contributed by atoms with E-state index in [-0.39, 0.29) is 0 Å². The number of hydrogen-bond acceptors (Lipinski definition) is 3. The Morgan fingerprint density at radius 3 is 1.50 bits per heavy atom. The lowest BCUT2D eigenvalue weighted by Crippen LogP contribution is -2.03. The normalized spacial score (nSPS) is 10.8. The first-order chi connectivity index (χ1) is 15.5. The highest BCUT2D eigenvalue weighted by atomic mass is 35.5. The van der Waals surface area contributed by atoms with Crippen LogP contribution in [0.25, 0.3) is 11.1 Å². The van der Waals surface area contributed by atoms with Crippen molar-refractivity contribution in [2.75, 3.05) is 0 Å². The highest BCUT2D eigenvalue weighted by molar-refractivity contribution is 7.43. The van der Waals surface area contributed by atoms with Gasteiger partial charge in [0, 0.05) is 10.0 Å². The van der Waals surface area contributed by atoms with E-state index in [0.29, 0.717) is 37.3 Å². The van der Waals surface area contributed by atoms with Crippen molar-refractivity contribution in [1.29, 1.82) is 0 Å². The van der Waals surface area contributed by atoms with Gasteiger partial charge in [0.15, 0.2) is 0 Å². The molecular weight excluding hydrogens is 509 g/mol. The molecule has 0 unspecified atom stereocenters. The van der Waals surface area contributed by atoms with Crippen molar-refractivity contribution in [2.24, 2.45) is 0 Å². The van der Waals surface area contributed by atoms with E-state index in [1.54, 1.807) is 36.4 Å². The summed E-state index contributed by atoms with van der Waals surface area (Å²) < 4.78 is 17.9. The number of benzene rings is 4. The fraction of sp³-hybridized carbons (Fsp3) is 0. The van der Waals surface area contributed by atoms with E-state index in [1.165, 1.54) is 0 Å². The zero-order chi connectivity index (χ0) is 22.5. The zero-order valence-electron chi connectivity index (χ0n) is 16.3. The van der Waals surface area contributed by atoms with Gasteiger partial charge in [0.25, 0.3) is 0 Å². The third-order valence-corrected chi connectivity index (χ3v) is 6.39. The van der Waals surface area contributed by atoms with Crippen LogP contribution in [0.3, 0.4) is 0 Å². The van der Waals surface area contributed by atoms with Crippen LogP contribution in [0.15, 0.2) is 91.0 Å². The van der Waals surface area contributed by atoms with Crippen LogP contribution < -0.4 is 13.6 Å². The topological polar surface area (TPSA) is 27.7 Å². The molecule has 0 aliphatic carbocycles. The van der Waals surface area contributed by atoms with Gasteiger partial charge < -0.3 is 13.6 Å². The summed E-state index contributed by atoms with van der Waals surface area (Å²) in [6.45, 7) is 0. The lowest BCUT2D eigenvalue weighted by atomic mass is 10.1. The van der Waals surface area contributed by atoms with E-state index in [9.17, 15) is 0 Å². The first-order valence-corrected chi connectivity index (χ1v) is 12.0. The largest absolute Gasteiger partial charge is 0.530 e. The van der Waals surface area contributed by atoms with Crippen molar-refractivity contribution in [2.45, 2.75) is 0 Å². The maximum atomic E-state index is 6.27. The summed E-state index contributed by atoms with van der Waals surface area (Å²) in [7, 11) is -1.96. The van der Waals surface area contributed by atoms with Crippen LogP contribution in [0.4, 0.5) is 0 Å². The molecule has 4 rings (SSSR count). The molecular formula is C24H15Cl4O3P. The number of halogens is 4. The quantitative estimate of drug-likeness (QED) is 0.225. The van der Waals surface area contributed by atoms with Crippen molar-refractivity contribution < 1.29 is 13.6 Å². The molecule has 4 aromatic carbocycles. The summed E-state index contributed by atoms with van der Waals surface area (Å²) in [5, 5.41) is 1.65. The summed E-state index contributed by atoms with van der Waals surface area (Å²) in [6.07, 6.45) is 0. The molecule has 8 heteroatoms. The third-order valence-electron chi connectivity index (χ3n) is 4.28. The second-order valence-electron chi connectivity index (χ2n) is 6.54. The lowest BCUT2D eigenvalue weighted by molar-refractivity contribution is 0.388. The molecule has 0 saturated heterocycles. The number of rotatable bonds is 7. The van der Waals surface area contributed by atoms with Gasteiger partial charge in [-0.3, -0.25) is 0 Å². The van der Waals surface area contributed by atoms with Crippen LogP contribution in [0.1, 0.15) is 0 Å². The fourth-order valence-corrected chi connectivity index (χ4v) is 4.79. The van der Waals surface area contributed by atoms with Gasteiger partial charge in [-0.25, -0.2) is 0 Å². The molecule has 0 N–H and O–H groups in total. The van der Waals surface area contributed by atoms with Crippen LogP contribution >= 0.6 is 55.0 Å². The second kappa shape index (κ2) is 10.7. The van der Waals surface area contributed by atoms with Gasteiger partial charge in [0.2, 0.25) is 0 Å². The van der Waals surface area contributed by atoms with Gasteiger partial charge in [0.05, 0.1) is 10.0 Å². The molecule has 0 aliphatic heterocycles. The van der Waals surface area contributed by atoms with E-state index in [2.05, 4.69) is 0 Å². The van der Waals surface area contributed by atoms with Crippen LogP contribution in [0.5, 0.6) is 17.2 Å². The van der Waals surface area contributed by atoms with Gasteiger partial charge >= 0.3 is 8.60 Å². The van der Waals surface area contributed by atoms with E-state index < -0.39 is 8.60 Å².